The van der Waals surface area contributed by atoms with Crippen molar-refractivity contribution in [3.8, 4) is 11.3 Å². The minimum absolute atomic E-state index is 0.210. The lowest BCUT2D eigenvalue weighted by molar-refractivity contribution is -0.131. The fourth-order valence-electron chi connectivity index (χ4n) is 3.26. The average Bonchev–Trinajstić information content (AvgIpc) is 3.42. The van der Waals surface area contributed by atoms with Crippen LogP contribution in [0.25, 0.3) is 23.0 Å². The first-order valence-corrected chi connectivity index (χ1v) is 10.5. The van der Waals surface area contributed by atoms with E-state index in [0.717, 1.165) is 12.8 Å². The van der Waals surface area contributed by atoms with Gasteiger partial charge in [-0.3, -0.25) is 9.20 Å². The predicted octanol–water partition coefficient (Wildman–Crippen LogP) is 5.34. The molecule has 0 saturated heterocycles. The van der Waals surface area contributed by atoms with E-state index in [4.69, 9.17) is 11.6 Å². The highest BCUT2D eigenvalue weighted by Gasteiger charge is 2.27. The summed E-state index contributed by atoms with van der Waals surface area (Å²) >= 11 is 6.39. The lowest BCUT2D eigenvalue weighted by Crippen LogP contribution is -2.25. The number of amides is 1. The van der Waals surface area contributed by atoms with Crippen molar-refractivity contribution in [3.05, 3.63) is 52.9 Å². The van der Waals surface area contributed by atoms with Crippen molar-refractivity contribution in [1.82, 2.24) is 19.7 Å². The Bertz CT molecular complexity index is 1180. The third-order valence-electron chi connectivity index (χ3n) is 4.97. The number of carbonyl (C=O) groups is 1. The van der Waals surface area contributed by atoms with E-state index in [1.165, 1.54) is 0 Å². The van der Waals surface area contributed by atoms with E-state index in [0.29, 0.717) is 33.2 Å². The van der Waals surface area contributed by atoms with Crippen LogP contribution in [0.3, 0.4) is 0 Å². The fourth-order valence-corrected chi connectivity index (χ4v) is 3.53. The van der Waals surface area contributed by atoms with Gasteiger partial charge in [0.2, 0.25) is 0 Å². The summed E-state index contributed by atoms with van der Waals surface area (Å²) in [4.78, 5) is 21.1. The van der Waals surface area contributed by atoms with E-state index in [1.807, 2.05) is 6.92 Å². The highest BCUT2D eigenvalue weighted by Crippen LogP contribution is 2.29. The summed E-state index contributed by atoms with van der Waals surface area (Å²) in [5.74, 6) is 0.0422. The first-order valence-electron chi connectivity index (χ1n) is 10.2. The molecule has 1 aromatic carbocycles. The first kappa shape index (κ1) is 22.1. The van der Waals surface area contributed by atoms with Crippen LogP contribution in [0.2, 0.25) is 5.02 Å². The van der Waals surface area contributed by atoms with Crippen molar-refractivity contribution < 1.29 is 18.0 Å². The standard InChI is InChI=1S/C22H21ClF3N5O/c1-2-3-15-12-31-18(11-28-20(31)19(29-15)27-9-8-22(24,25)26)13-4-7-16(17(23)10-13)21(32)30-14-5-6-14/h2-4,7,10-12,14H,5-6,8-9H2,1H3,(H,27,29)(H,30,32). The van der Waals surface area contributed by atoms with E-state index < -0.39 is 12.6 Å². The number of rotatable bonds is 7. The number of nitrogens with zero attached hydrogens (tertiary/aromatic N) is 3. The number of hydrogen-bond acceptors (Lipinski definition) is 4. The molecule has 0 radical (unpaired) electrons. The lowest BCUT2D eigenvalue weighted by Gasteiger charge is -2.11. The average molecular weight is 464 g/mol. The quantitative estimate of drug-likeness (QED) is 0.496. The molecular formula is C22H21ClF3N5O. The van der Waals surface area contributed by atoms with Crippen molar-refractivity contribution in [2.75, 3.05) is 11.9 Å². The number of hydrogen-bond donors (Lipinski definition) is 2. The topological polar surface area (TPSA) is 71.3 Å². The van der Waals surface area contributed by atoms with Crippen LogP contribution < -0.4 is 10.6 Å². The van der Waals surface area contributed by atoms with Crippen LogP contribution >= 0.6 is 11.6 Å². The molecule has 1 aliphatic carbocycles. The van der Waals surface area contributed by atoms with Gasteiger partial charge in [-0.25, -0.2) is 9.97 Å². The Morgan fingerprint density at radius 2 is 2.12 bits per heavy atom. The van der Waals surface area contributed by atoms with Crippen LogP contribution in [0.1, 0.15) is 42.2 Å². The Labute approximate surface area is 187 Å². The second-order valence-electron chi connectivity index (χ2n) is 7.59. The van der Waals surface area contributed by atoms with Crippen LogP contribution in [-0.4, -0.2) is 39.0 Å². The number of fused-ring (bicyclic) bond motifs is 1. The number of halogens is 4. The summed E-state index contributed by atoms with van der Waals surface area (Å²) in [5.41, 5.74) is 2.72. The molecule has 3 aromatic rings. The van der Waals surface area contributed by atoms with Crippen molar-refractivity contribution >= 4 is 35.0 Å². The molecule has 10 heteroatoms. The number of nitrogens with one attached hydrogen (secondary N) is 2. The molecule has 168 valence electrons. The van der Waals surface area contributed by atoms with Gasteiger partial charge in [-0.05, 0) is 38.0 Å². The van der Waals surface area contributed by atoms with Gasteiger partial charge in [0.15, 0.2) is 11.5 Å². The van der Waals surface area contributed by atoms with Crippen molar-refractivity contribution in [2.45, 2.75) is 38.4 Å². The highest BCUT2D eigenvalue weighted by atomic mass is 35.5. The van der Waals surface area contributed by atoms with Gasteiger partial charge < -0.3 is 10.6 Å². The SMILES string of the molecule is CC=Cc1cn2c(-c3ccc(C(=O)NC4CC4)c(Cl)c3)cnc2c(NCCC(F)(F)F)n1. The number of anilines is 1. The summed E-state index contributed by atoms with van der Waals surface area (Å²) in [6.45, 7) is 1.51. The molecule has 2 aromatic heterocycles. The van der Waals surface area contributed by atoms with Gasteiger partial charge in [0, 0.05) is 24.3 Å². The second kappa shape index (κ2) is 8.82. The van der Waals surface area contributed by atoms with Crippen molar-refractivity contribution in [2.24, 2.45) is 0 Å². The van der Waals surface area contributed by atoms with Gasteiger partial charge in [0.05, 0.1) is 34.6 Å². The predicted molar refractivity (Wildman–Crippen MR) is 118 cm³/mol. The molecule has 1 fully saturated rings. The maximum absolute atomic E-state index is 12.6. The Morgan fingerprint density at radius 1 is 1.34 bits per heavy atom. The molecule has 6 nitrogen and oxygen atoms in total. The molecule has 0 spiro atoms. The van der Waals surface area contributed by atoms with Crippen LogP contribution in [0.4, 0.5) is 19.0 Å². The molecule has 0 aliphatic heterocycles. The Kier molecular flexibility index (Phi) is 6.10. The van der Waals surface area contributed by atoms with Crippen molar-refractivity contribution in [1.29, 1.82) is 0 Å². The maximum Gasteiger partial charge on any atom is 0.390 e. The van der Waals surface area contributed by atoms with Crippen LogP contribution in [0.15, 0.2) is 36.7 Å². The zero-order valence-corrected chi connectivity index (χ0v) is 18.0. The van der Waals surface area contributed by atoms with Crippen LogP contribution in [0, 0.1) is 0 Å². The number of imidazole rings is 1. The third-order valence-corrected chi connectivity index (χ3v) is 5.28. The Hall–Kier alpha value is -3.07. The van der Waals surface area contributed by atoms with E-state index in [9.17, 15) is 18.0 Å². The maximum atomic E-state index is 12.6. The highest BCUT2D eigenvalue weighted by molar-refractivity contribution is 6.34. The van der Waals surface area contributed by atoms with Gasteiger partial charge in [0.1, 0.15) is 0 Å². The van der Waals surface area contributed by atoms with Gasteiger partial charge in [0.25, 0.3) is 5.91 Å². The molecule has 1 aliphatic rings. The monoisotopic (exact) mass is 463 g/mol. The summed E-state index contributed by atoms with van der Waals surface area (Å²) in [6, 6.07) is 5.33. The second-order valence-corrected chi connectivity index (χ2v) is 7.99. The molecule has 1 saturated carbocycles. The Balaban J connectivity index is 1.68. The molecule has 32 heavy (non-hydrogen) atoms. The summed E-state index contributed by atoms with van der Waals surface area (Å²) in [6.07, 6.45) is 3.58. The number of alkyl halides is 3. The molecule has 2 heterocycles. The first-order chi connectivity index (χ1) is 15.2. The van der Waals surface area contributed by atoms with E-state index in [1.54, 1.807) is 47.1 Å². The van der Waals surface area contributed by atoms with E-state index in [2.05, 4.69) is 20.6 Å². The zero-order valence-electron chi connectivity index (χ0n) is 17.2. The van der Waals surface area contributed by atoms with Gasteiger partial charge in [-0.2, -0.15) is 13.2 Å². The molecule has 0 unspecified atom stereocenters. The van der Waals surface area contributed by atoms with Crippen LogP contribution in [-0.2, 0) is 0 Å². The normalized spacial score (nSPS) is 14.3. The lowest BCUT2D eigenvalue weighted by atomic mass is 10.1. The largest absolute Gasteiger partial charge is 0.390 e. The smallest absolute Gasteiger partial charge is 0.367 e. The molecular weight excluding hydrogens is 443 g/mol. The zero-order chi connectivity index (χ0) is 22.9. The Morgan fingerprint density at radius 3 is 2.78 bits per heavy atom. The number of benzene rings is 1. The van der Waals surface area contributed by atoms with Crippen LogP contribution in [0.5, 0.6) is 0 Å². The van der Waals surface area contributed by atoms with Crippen molar-refractivity contribution in [3.63, 3.8) is 0 Å². The molecule has 0 atom stereocenters. The number of allylic oxidation sites excluding steroid dienone is 1. The summed E-state index contributed by atoms with van der Waals surface area (Å²) in [7, 11) is 0. The summed E-state index contributed by atoms with van der Waals surface area (Å²) in [5, 5.41) is 5.96. The van der Waals surface area contributed by atoms with Gasteiger partial charge in [-0.1, -0.05) is 23.7 Å². The molecule has 2 N–H and O–H groups in total. The van der Waals surface area contributed by atoms with Gasteiger partial charge >= 0.3 is 6.18 Å². The van der Waals surface area contributed by atoms with E-state index >= 15 is 0 Å². The minimum Gasteiger partial charge on any atom is -0.367 e. The molecule has 1 amide bonds. The molecule has 0 bridgehead atoms. The summed E-state index contributed by atoms with van der Waals surface area (Å²) < 4.78 is 39.4. The number of aromatic nitrogens is 3. The van der Waals surface area contributed by atoms with Gasteiger partial charge in [-0.15, -0.1) is 0 Å². The molecule has 4 rings (SSSR count). The number of carbonyl (C=O) groups excluding carboxylic acids is 1. The fraction of sp³-hybridized carbons (Fsp3) is 0.318. The third kappa shape index (κ3) is 5.04. The van der Waals surface area contributed by atoms with E-state index in [-0.39, 0.29) is 24.3 Å². The minimum atomic E-state index is -4.27.